The van der Waals surface area contributed by atoms with E-state index in [1.807, 2.05) is 26.8 Å². The van der Waals surface area contributed by atoms with Crippen LogP contribution >= 0.6 is 0 Å². The van der Waals surface area contributed by atoms with E-state index in [0.717, 1.165) is 50.7 Å². The van der Waals surface area contributed by atoms with Crippen molar-refractivity contribution >= 4 is 5.97 Å². The topological polar surface area (TPSA) is 35.5 Å². The molecule has 1 fully saturated rings. The minimum Gasteiger partial charge on any atom is -0.499 e. The average molecular weight is 339 g/mol. The summed E-state index contributed by atoms with van der Waals surface area (Å²) >= 11 is 0. The molecule has 1 unspecified atom stereocenters. The molecule has 0 aliphatic heterocycles. The molecular weight excluding hydrogens is 300 g/mol. The first-order valence-corrected chi connectivity index (χ1v) is 9.91. The standard InChI is InChI=1S/C21H38O3/c1-6-8-14-20(4,17-18(3)23-7-2)19(22)24-21(5)15-12-10-9-11-13-16-21/h17H,6-16H2,1-5H3/b18-17-. The number of carbonyl (C=O) groups is 1. The number of ether oxygens (including phenoxy) is 2. The Morgan fingerprint density at radius 3 is 2.25 bits per heavy atom. The third-order valence-corrected chi connectivity index (χ3v) is 5.16. The maximum absolute atomic E-state index is 13.1. The molecule has 0 aromatic rings. The van der Waals surface area contributed by atoms with E-state index in [2.05, 4.69) is 13.8 Å². The molecule has 3 nitrogen and oxygen atoms in total. The zero-order valence-electron chi connectivity index (χ0n) is 16.6. The van der Waals surface area contributed by atoms with Crippen molar-refractivity contribution < 1.29 is 14.3 Å². The van der Waals surface area contributed by atoms with Gasteiger partial charge in [0.1, 0.15) is 5.60 Å². The summed E-state index contributed by atoms with van der Waals surface area (Å²) in [6.07, 6.45) is 13.0. The van der Waals surface area contributed by atoms with Crippen LogP contribution in [-0.2, 0) is 14.3 Å². The second-order valence-corrected chi connectivity index (χ2v) is 7.82. The molecule has 0 heterocycles. The zero-order valence-corrected chi connectivity index (χ0v) is 16.6. The number of allylic oxidation sites excluding steroid dienone is 1. The van der Waals surface area contributed by atoms with Gasteiger partial charge in [0.05, 0.1) is 17.8 Å². The lowest BCUT2D eigenvalue weighted by molar-refractivity contribution is -0.169. The molecule has 24 heavy (non-hydrogen) atoms. The van der Waals surface area contributed by atoms with Crippen LogP contribution in [0.3, 0.4) is 0 Å². The first-order valence-electron chi connectivity index (χ1n) is 9.91. The molecule has 1 rings (SSSR count). The SMILES string of the molecule is CCCCC(C)(/C=C(/C)OCC)C(=O)OC1(C)CCCCCCC1. The molecule has 1 saturated carbocycles. The number of esters is 1. The number of hydrogen-bond donors (Lipinski definition) is 0. The summed E-state index contributed by atoms with van der Waals surface area (Å²) in [6, 6.07) is 0. The highest BCUT2D eigenvalue weighted by Crippen LogP contribution is 2.35. The number of carbonyl (C=O) groups excluding carboxylic acids is 1. The van der Waals surface area contributed by atoms with Crippen molar-refractivity contribution in [3.8, 4) is 0 Å². The van der Waals surface area contributed by atoms with Crippen molar-refractivity contribution in [2.45, 2.75) is 104 Å². The molecule has 3 heteroatoms. The maximum Gasteiger partial charge on any atom is 0.316 e. The molecule has 1 aliphatic rings. The van der Waals surface area contributed by atoms with Gasteiger partial charge in [-0.1, -0.05) is 39.0 Å². The maximum atomic E-state index is 13.1. The highest BCUT2D eigenvalue weighted by molar-refractivity contribution is 5.79. The predicted octanol–water partition coefficient (Wildman–Crippen LogP) is 6.17. The van der Waals surface area contributed by atoms with E-state index in [-0.39, 0.29) is 11.6 Å². The molecule has 0 aromatic carbocycles. The van der Waals surface area contributed by atoms with Gasteiger partial charge in [0.25, 0.3) is 0 Å². The summed E-state index contributed by atoms with van der Waals surface area (Å²) in [5, 5.41) is 0. The molecule has 0 amide bonds. The van der Waals surface area contributed by atoms with Crippen LogP contribution in [0.5, 0.6) is 0 Å². The van der Waals surface area contributed by atoms with Crippen molar-refractivity contribution in [2.24, 2.45) is 5.41 Å². The van der Waals surface area contributed by atoms with Gasteiger partial charge in [0, 0.05) is 0 Å². The van der Waals surface area contributed by atoms with E-state index >= 15 is 0 Å². The molecule has 0 saturated heterocycles. The molecule has 0 spiro atoms. The van der Waals surface area contributed by atoms with Crippen molar-refractivity contribution in [2.75, 3.05) is 6.61 Å². The minimum absolute atomic E-state index is 0.0851. The predicted molar refractivity (Wildman–Crippen MR) is 99.8 cm³/mol. The van der Waals surface area contributed by atoms with Gasteiger partial charge in [0.2, 0.25) is 0 Å². The normalized spacial score (nSPS) is 21.3. The minimum atomic E-state index is -0.597. The second kappa shape index (κ2) is 10.1. The fourth-order valence-corrected chi connectivity index (χ4v) is 3.59. The van der Waals surface area contributed by atoms with Gasteiger partial charge in [-0.25, -0.2) is 0 Å². The Kier molecular flexibility index (Phi) is 8.86. The van der Waals surface area contributed by atoms with Crippen molar-refractivity contribution in [3.05, 3.63) is 11.8 Å². The van der Waals surface area contributed by atoms with Gasteiger partial charge >= 0.3 is 5.97 Å². The van der Waals surface area contributed by atoms with Gasteiger partial charge in [-0.3, -0.25) is 4.79 Å². The quantitative estimate of drug-likeness (QED) is 0.392. The Balaban J connectivity index is 2.87. The summed E-state index contributed by atoms with van der Waals surface area (Å²) in [4.78, 5) is 13.1. The van der Waals surface area contributed by atoms with E-state index in [1.54, 1.807) is 0 Å². The first-order chi connectivity index (χ1) is 11.4. The summed E-state index contributed by atoms with van der Waals surface area (Å²) in [7, 11) is 0. The molecule has 0 bridgehead atoms. The van der Waals surface area contributed by atoms with Gasteiger partial charge < -0.3 is 9.47 Å². The largest absolute Gasteiger partial charge is 0.499 e. The lowest BCUT2D eigenvalue weighted by Crippen LogP contribution is -2.39. The van der Waals surface area contributed by atoms with Crippen molar-refractivity contribution in [3.63, 3.8) is 0 Å². The summed E-state index contributed by atoms with van der Waals surface area (Å²) < 4.78 is 11.7. The van der Waals surface area contributed by atoms with Gasteiger partial charge in [-0.2, -0.15) is 0 Å². The number of rotatable bonds is 8. The Labute approximate surface area is 149 Å². The smallest absolute Gasteiger partial charge is 0.316 e. The average Bonchev–Trinajstić information content (AvgIpc) is 2.49. The summed E-state index contributed by atoms with van der Waals surface area (Å²) in [5.41, 5.74) is -0.904. The molecule has 0 aromatic heterocycles. The highest BCUT2D eigenvalue weighted by atomic mass is 16.6. The lowest BCUT2D eigenvalue weighted by atomic mass is 9.83. The van der Waals surface area contributed by atoms with Crippen LogP contribution in [0.4, 0.5) is 0 Å². The Bertz CT molecular complexity index is 405. The molecular formula is C21H38O3. The highest BCUT2D eigenvalue weighted by Gasteiger charge is 2.38. The van der Waals surface area contributed by atoms with Crippen LogP contribution in [0.1, 0.15) is 98.8 Å². The lowest BCUT2D eigenvalue weighted by Gasteiger charge is -2.35. The van der Waals surface area contributed by atoms with Crippen molar-refractivity contribution in [1.82, 2.24) is 0 Å². The third kappa shape index (κ3) is 6.86. The Morgan fingerprint density at radius 2 is 1.71 bits per heavy atom. The molecule has 1 atom stereocenters. The number of hydrogen-bond acceptors (Lipinski definition) is 3. The van der Waals surface area contributed by atoms with Crippen LogP contribution in [0.2, 0.25) is 0 Å². The van der Waals surface area contributed by atoms with Crippen LogP contribution in [-0.4, -0.2) is 18.2 Å². The van der Waals surface area contributed by atoms with Crippen LogP contribution in [0.15, 0.2) is 11.8 Å². The third-order valence-electron chi connectivity index (χ3n) is 5.16. The summed E-state index contributed by atoms with van der Waals surface area (Å²) in [6.45, 7) is 10.8. The molecule has 1 aliphatic carbocycles. The van der Waals surface area contributed by atoms with E-state index < -0.39 is 5.41 Å². The van der Waals surface area contributed by atoms with Gasteiger partial charge in [0.15, 0.2) is 0 Å². The first kappa shape index (κ1) is 21.1. The van der Waals surface area contributed by atoms with E-state index in [4.69, 9.17) is 9.47 Å². The van der Waals surface area contributed by atoms with Crippen LogP contribution in [0.25, 0.3) is 0 Å². The fourth-order valence-electron chi connectivity index (χ4n) is 3.59. The van der Waals surface area contributed by atoms with Crippen LogP contribution in [0, 0.1) is 5.41 Å². The Morgan fingerprint density at radius 1 is 1.12 bits per heavy atom. The molecule has 140 valence electrons. The molecule has 0 radical (unpaired) electrons. The zero-order chi connectivity index (χ0) is 18.1. The van der Waals surface area contributed by atoms with E-state index in [9.17, 15) is 4.79 Å². The van der Waals surface area contributed by atoms with Gasteiger partial charge in [-0.15, -0.1) is 0 Å². The number of unbranched alkanes of at least 4 members (excludes halogenated alkanes) is 1. The molecule has 0 N–H and O–H groups in total. The van der Waals surface area contributed by atoms with Crippen LogP contribution < -0.4 is 0 Å². The van der Waals surface area contributed by atoms with Crippen molar-refractivity contribution in [1.29, 1.82) is 0 Å². The fraction of sp³-hybridized carbons (Fsp3) is 0.857. The monoisotopic (exact) mass is 338 g/mol. The Hall–Kier alpha value is -0.990. The summed E-state index contributed by atoms with van der Waals surface area (Å²) in [5.74, 6) is 0.731. The van der Waals surface area contributed by atoms with E-state index in [0.29, 0.717) is 6.61 Å². The van der Waals surface area contributed by atoms with Gasteiger partial charge in [-0.05, 0) is 65.9 Å². The second-order valence-electron chi connectivity index (χ2n) is 7.82. The van der Waals surface area contributed by atoms with E-state index in [1.165, 1.54) is 19.3 Å².